The molecule has 0 radical (unpaired) electrons. The lowest BCUT2D eigenvalue weighted by Gasteiger charge is -2.03. The molecular weight excluding hydrogens is 220 g/mol. The molecule has 0 unspecified atom stereocenters. The number of rotatable bonds is 3. The molecule has 0 aliphatic heterocycles. The number of anilines is 1. The van der Waals surface area contributed by atoms with Crippen LogP contribution in [0, 0.1) is 6.92 Å². The zero-order valence-corrected chi connectivity index (χ0v) is 9.52. The first-order chi connectivity index (χ1) is 8.20. The molecule has 17 heavy (non-hydrogen) atoms. The molecule has 0 atom stereocenters. The summed E-state index contributed by atoms with van der Waals surface area (Å²) in [4.78, 5) is 15.8. The summed E-state index contributed by atoms with van der Waals surface area (Å²) >= 11 is 0. The van der Waals surface area contributed by atoms with E-state index >= 15 is 0 Å². The molecule has 6 heteroatoms. The number of aromatic nitrogens is 3. The Hall–Kier alpha value is -2.37. The maximum absolute atomic E-state index is 11.9. The Bertz CT molecular complexity index is 536. The molecule has 2 aromatic rings. The zero-order chi connectivity index (χ0) is 12.3. The van der Waals surface area contributed by atoms with E-state index in [1.807, 2.05) is 25.1 Å². The Morgan fingerprint density at radius 3 is 2.82 bits per heavy atom. The minimum Gasteiger partial charge on any atom is -0.466 e. The first-order valence-electron chi connectivity index (χ1n) is 5.04. The zero-order valence-electron chi connectivity index (χ0n) is 9.52. The normalized spacial score (nSPS) is 10.0. The molecule has 0 spiro atoms. The van der Waals surface area contributed by atoms with Crippen LogP contribution in [0.25, 0.3) is 0 Å². The standard InChI is InChI=1S/C11H12N4O2/c1-7-5-3-4-6-8(7)9(16)12-10-13-11(17-2)15-14-10/h3-6H,1-2H3,(H2,12,13,14,15,16). The second-order valence-corrected chi connectivity index (χ2v) is 3.44. The molecule has 1 aromatic heterocycles. The van der Waals surface area contributed by atoms with Crippen LogP contribution in [0.1, 0.15) is 15.9 Å². The molecule has 1 aromatic carbocycles. The number of nitrogens with zero attached hydrogens (tertiary/aromatic N) is 2. The van der Waals surface area contributed by atoms with Crippen LogP contribution in [0.4, 0.5) is 5.95 Å². The van der Waals surface area contributed by atoms with Crippen LogP contribution in [0.5, 0.6) is 6.01 Å². The molecule has 2 rings (SSSR count). The lowest BCUT2D eigenvalue weighted by molar-refractivity contribution is 0.102. The van der Waals surface area contributed by atoms with Crippen LogP contribution in [0.15, 0.2) is 24.3 Å². The topological polar surface area (TPSA) is 79.9 Å². The molecule has 88 valence electrons. The van der Waals surface area contributed by atoms with Gasteiger partial charge in [-0.3, -0.25) is 10.1 Å². The predicted octanol–water partition coefficient (Wildman–Crippen LogP) is 1.37. The highest BCUT2D eigenvalue weighted by molar-refractivity contribution is 6.04. The minimum absolute atomic E-state index is 0.185. The Labute approximate surface area is 98.0 Å². The summed E-state index contributed by atoms with van der Waals surface area (Å²) in [5.41, 5.74) is 1.50. The van der Waals surface area contributed by atoms with E-state index in [-0.39, 0.29) is 17.9 Å². The maximum Gasteiger partial charge on any atom is 0.336 e. The average molecular weight is 232 g/mol. The number of H-pyrrole nitrogens is 1. The molecule has 6 nitrogen and oxygen atoms in total. The van der Waals surface area contributed by atoms with E-state index in [4.69, 9.17) is 4.74 Å². The summed E-state index contributed by atoms with van der Waals surface area (Å²) in [7, 11) is 1.45. The fourth-order valence-corrected chi connectivity index (χ4v) is 1.40. The molecule has 0 saturated carbocycles. The van der Waals surface area contributed by atoms with E-state index in [2.05, 4.69) is 20.5 Å². The van der Waals surface area contributed by atoms with E-state index in [9.17, 15) is 4.79 Å². The van der Waals surface area contributed by atoms with Crippen LogP contribution in [-0.2, 0) is 0 Å². The van der Waals surface area contributed by atoms with Gasteiger partial charge in [0.1, 0.15) is 0 Å². The fourth-order valence-electron chi connectivity index (χ4n) is 1.40. The van der Waals surface area contributed by atoms with E-state index in [0.29, 0.717) is 5.56 Å². The van der Waals surface area contributed by atoms with Gasteiger partial charge in [0, 0.05) is 5.56 Å². The van der Waals surface area contributed by atoms with E-state index in [0.717, 1.165) is 5.56 Å². The highest BCUT2D eigenvalue weighted by atomic mass is 16.5. The first kappa shape index (κ1) is 11.1. The molecular formula is C11H12N4O2. The number of benzene rings is 1. The summed E-state index contributed by atoms with van der Waals surface area (Å²) in [6.07, 6.45) is 0. The third kappa shape index (κ3) is 2.41. The second kappa shape index (κ2) is 4.65. The minimum atomic E-state index is -0.234. The number of carbonyl (C=O) groups excluding carboxylic acids is 1. The van der Waals surface area contributed by atoms with Crippen molar-refractivity contribution in [2.75, 3.05) is 12.4 Å². The van der Waals surface area contributed by atoms with Gasteiger partial charge in [0.25, 0.3) is 5.91 Å². The second-order valence-electron chi connectivity index (χ2n) is 3.44. The number of amides is 1. The van der Waals surface area contributed by atoms with Crippen molar-refractivity contribution in [3.8, 4) is 6.01 Å². The smallest absolute Gasteiger partial charge is 0.336 e. The fraction of sp³-hybridized carbons (Fsp3) is 0.182. The summed E-state index contributed by atoms with van der Waals surface area (Å²) < 4.78 is 4.80. The average Bonchev–Trinajstić information content (AvgIpc) is 2.77. The van der Waals surface area contributed by atoms with Gasteiger partial charge in [-0.15, -0.1) is 5.10 Å². The van der Waals surface area contributed by atoms with Gasteiger partial charge in [-0.25, -0.2) is 5.10 Å². The number of carbonyl (C=O) groups is 1. The number of aromatic amines is 1. The molecule has 0 fully saturated rings. The summed E-state index contributed by atoms with van der Waals surface area (Å²) in [6.45, 7) is 1.87. The molecule has 2 N–H and O–H groups in total. The van der Waals surface area contributed by atoms with Crippen molar-refractivity contribution in [3.63, 3.8) is 0 Å². The van der Waals surface area contributed by atoms with Crippen molar-refractivity contribution in [2.45, 2.75) is 6.92 Å². The summed E-state index contributed by atoms with van der Waals surface area (Å²) in [5.74, 6) is 0.0250. The van der Waals surface area contributed by atoms with Gasteiger partial charge < -0.3 is 4.74 Å². The molecule has 0 bridgehead atoms. The molecule has 1 amide bonds. The Morgan fingerprint density at radius 1 is 1.41 bits per heavy atom. The summed E-state index contributed by atoms with van der Waals surface area (Å²) in [5, 5.41) is 8.90. The molecule has 1 heterocycles. The lowest BCUT2D eigenvalue weighted by atomic mass is 10.1. The SMILES string of the molecule is COc1n[nH]c(NC(=O)c2ccccc2C)n1. The Kier molecular flexibility index (Phi) is 3.04. The van der Waals surface area contributed by atoms with Gasteiger partial charge in [0.05, 0.1) is 7.11 Å². The Morgan fingerprint density at radius 2 is 2.18 bits per heavy atom. The number of methoxy groups -OCH3 is 1. The first-order valence-corrected chi connectivity index (χ1v) is 5.04. The van der Waals surface area contributed by atoms with Gasteiger partial charge in [-0.1, -0.05) is 18.2 Å². The third-order valence-electron chi connectivity index (χ3n) is 2.27. The van der Waals surface area contributed by atoms with Gasteiger partial charge in [-0.2, -0.15) is 4.98 Å². The van der Waals surface area contributed by atoms with Crippen molar-refractivity contribution in [1.82, 2.24) is 15.2 Å². The Balaban J connectivity index is 2.14. The maximum atomic E-state index is 11.9. The van der Waals surface area contributed by atoms with E-state index in [1.54, 1.807) is 6.07 Å². The van der Waals surface area contributed by atoms with Crippen LogP contribution < -0.4 is 10.1 Å². The number of hydrogen-bond acceptors (Lipinski definition) is 4. The van der Waals surface area contributed by atoms with Crippen molar-refractivity contribution in [2.24, 2.45) is 0 Å². The van der Waals surface area contributed by atoms with Gasteiger partial charge in [0.15, 0.2) is 0 Å². The van der Waals surface area contributed by atoms with Gasteiger partial charge in [-0.05, 0) is 18.6 Å². The van der Waals surface area contributed by atoms with Crippen LogP contribution >= 0.6 is 0 Å². The van der Waals surface area contributed by atoms with Crippen molar-refractivity contribution < 1.29 is 9.53 Å². The number of ether oxygens (including phenoxy) is 1. The largest absolute Gasteiger partial charge is 0.466 e. The number of aryl methyl sites for hydroxylation is 1. The molecule has 0 aliphatic rings. The predicted molar refractivity (Wildman–Crippen MR) is 62.1 cm³/mol. The molecule has 0 saturated heterocycles. The van der Waals surface area contributed by atoms with Crippen LogP contribution in [0.2, 0.25) is 0 Å². The van der Waals surface area contributed by atoms with Crippen molar-refractivity contribution in [1.29, 1.82) is 0 Å². The van der Waals surface area contributed by atoms with Gasteiger partial charge >= 0.3 is 6.01 Å². The molecule has 0 aliphatic carbocycles. The van der Waals surface area contributed by atoms with Gasteiger partial charge in [0.2, 0.25) is 5.95 Å². The lowest BCUT2D eigenvalue weighted by Crippen LogP contribution is -2.14. The van der Waals surface area contributed by atoms with Crippen LogP contribution in [0.3, 0.4) is 0 Å². The van der Waals surface area contributed by atoms with E-state index in [1.165, 1.54) is 7.11 Å². The highest BCUT2D eigenvalue weighted by Crippen LogP contribution is 2.10. The van der Waals surface area contributed by atoms with E-state index < -0.39 is 0 Å². The monoisotopic (exact) mass is 232 g/mol. The number of hydrogen-bond donors (Lipinski definition) is 2. The van der Waals surface area contributed by atoms with Crippen molar-refractivity contribution >= 4 is 11.9 Å². The highest BCUT2D eigenvalue weighted by Gasteiger charge is 2.11. The number of nitrogens with one attached hydrogen (secondary N) is 2. The quantitative estimate of drug-likeness (QED) is 0.837. The third-order valence-corrected chi connectivity index (χ3v) is 2.27. The van der Waals surface area contributed by atoms with Crippen LogP contribution in [-0.4, -0.2) is 28.2 Å². The summed E-state index contributed by atoms with van der Waals surface area (Å²) in [6, 6.07) is 7.49. The van der Waals surface area contributed by atoms with Crippen molar-refractivity contribution in [3.05, 3.63) is 35.4 Å².